The maximum atomic E-state index is 12.2. The molecule has 0 radical (unpaired) electrons. The van der Waals surface area contributed by atoms with Gasteiger partial charge in [0.05, 0.1) is 0 Å². The van der Waals surface area contributed by atoms with E-state index in [2.05, 4.69) is 21.2 Å². The van der Waals surface area contributed by atoms with Gasteiger partial charge in [-0.1, -0.05) is 34.1 Å². The second-order valence-corrected chi connectivity index (χ2v) is 5.83. The first-order valence-electron chi connectivity index (χ1n) is 6.76. The molecule has 1 atom stereocenters. The molecule has 2 aromatic carbocycles. The van der Waals surface area contributed by atoms with Gasteiger partial charge in [0.25, 0.3) is 5.91 Å². The third kappa shape index (κ3) is 4.08. The summed E-state index contributed by atoms with van der Waals surface area (Å²) in [5.74, 6) is 0.562. The SMILES string of the molecule is Cc1cc(NC(=O)[C@H](C)Oc2ccccc2C)ccc1Br. The first-order chi connectivity index (χ1) is 9.97. The van der Waals surface area contributed by atoms with Crippen molar-refractivity contribution in [1.29, 1.82) is 0 Å². The fourth-order valence-corrected chi connectivity index (χ4v) is 2.15. The van der Waals surface area contributed by atoms with E-state index in [1.165, 1.54) is 0 Å². The number of nitrogens with one attached hydrogen (secondary N) is 1. The number of rotatable bonds is 4. The molecule has 21 heavy (non-hydrogen) atoms. The van der Waals surface area contributed by atoms with Gasteiger partial charge in [0.15, 0.2) is 6.10 Å². The third-order valence-electron chi connectivity index (χ3n) is 3.19. The molecule has 0 saturated heterocycles. The number of carbonyl (C=O) groups excluding carboxylic acids is 1. The molecule has 4 heteroatoms. The number of para-hydroxylation sites is 1. The zero-order chi connectivity index (χ0) is 15.4. The molecule has 0 spiro atoms. The minimum atomic E-state index is -0.560. The number of halogens is 1. The van der Waals surface area contributed by atoms with Gasteiger partial charge < -0.3 is 10.1 Å². The summed E-state index contributed by atoms with van der Waals surface area (Å²) >= 11 is 3.44. The molecule has 2 aromatic rings. The number of ether oxygens (including phenoxy) is 1. The maximum absolute atomic E-state index is 12.2. The lowest BCUT2D eigenvalue weighted by Crippen LogP contribution is -2.30. The lowest BCUT2D eigenvalue weighted by atomic mass is 10.2. The predicted molar refractivity (Wildman–Crippen MR) is 88.8 cm³/mol. The topological polar surface area (TPSA) is 38.3 Å². The van der Waals surface area contributed by atoms with Gasteiger partial charge in [-0.25, -0.2) is 0 Å². The van der Waals surface area contributed by atoms with Gasteiger partial charge in [-0.2, -0.15) is 0 Å². The Morgan fingerprint density at radius 2 is 1.86 bits per heavy atom. The summed E-state index contributed by atoms with van der Waals surface area (Å²) in [5, 5.41) is 2.86. The Labute approximate surface area is 133 Å². The highest BCUT2D eigenvalue weighted by molar-refractivity contribution is 9.10. The van der Waals surface area contributed by atoms with Crippen LogP contribution in [0.1, 0.15) is 18.1 Å². The number of hydrogen-bond donors (Lipinski definition) is 1. The molecule has 0 aliphatic heterocycles. The molecule has 0 aromatic heterocycles. The molecule has 0 unspecified atom stereocenters. The highest BCUT2D eigenvalue weighted by atomic mass is 79.9. The first-order valence-corrected chi connectivity index (χ1v) is 7.56. The zero-order valence-corrected chi connectivity index (χ0v) is 13.9. The second kappa shape index (κ2) is 6.76. The Hall–Kier alpha value is -1.81. The monoisotopic (exact) mass is 347 g/mol. The standard InChI is InChI=1S/C17H18BrNO2/c1-11-6-4-5-7-16(11)21-13(3)17(20)19-14-8-9-15(18)12(2)10-14/h4-10,13H,1-3H3,(H,19,20)/t13-/m0/s1. The number of aryl methyl sites for hydroxylation is 2. The first kappa shape index (κ1) is 15.6. The minimum Gasteiger partial charge on any atom is -0.481 e. The van der Waals surface area contributed by atoms with Crippen molar-refractivity contribution in [2.24, 2.45) is 0 Å². The molecule has 3 nitrogen and oxygen atoms in total. The molecule has 0 saturated carbocycles. The highest BCUT2D eigenvalue weighted by Gasteiger charge is 2.15. The minimum absolute atomic E-state index is 0.167. The third-order valence-corrected chi connectivity index (χ3v) is 4.08. The average molecular weight is 348 g/mol. The molecule has 0 heterocycles. The van der Waals surface area contributed by atoms with Gasteiger partial charge in [-0.05, 0) is 56.2 Å². The lowest BCUT2D eigenvalue weighted by Gasteiger charge is -2.16. The van der Waals surface area contributed by atoms with Crippen LogP contribution in [0, 0.1) is 13.8 Å². The van der Waals surface area contributed by atoms with Gasteiger partial charge >= 0.3 is 0 Å². The number of carbonyl (C=O) groups is 1. The van der Waals surface area contributed by atoms with Crippen LogP contribution in [-0.2, 0) is 4.79 Å². The van der Waals surface area contributed by atoms with Crippen molar-refractivity contribution < 1.29 is 9.53 Å². The van der Waals surface area contributed by atoms with Crippen molar-refractivity contribution in [2.75, 3.05) is 5.32 Å². The van der Waals surface area contributed by atoms with E-state index in [1.54, 1.807) is 6.92 Å². The lowest BCUT2D eigenvalue weighted by molar-refractivity contribution is -0.122. The number of amides is 1. The molecule has 0 fully saturated rings. The number of benzene rings is 2. The molecule has 1 amide bonds. The number of anilines is 1. The van der Waals surface area contributed by atoms with Crippen LogP contribution in [0.25, 0.3) is 0 Å². The zero-order valence-electron chi connectivity index (χ0n) is 12.3. The van der Waals surface area contributed by atoms with Crippen LogP contribution in [0.3, 0.4) is 0 Å². The maximum Gasteiger partial charge on any atom is 0.265 e. The Bertz CT molecular complexity index is 655. The van der Waals surface area contributed by atoms with Crippen LogP contribution in [0.5, 0.6) is 5.75 Å². The van der Waals surface area contributed by atoms with Crippen molar-refractivity contribution in [3.8, 4) is 5.75 Å². The van der Waals surface area contributed by atoms with E-state index in [0.717, 1.165) is 27.0 Å². The van der Waals surface area contributed by atoms with Crippen molar-refractivity contribution in [2.45, 2.75) is 26.9 Å². The highest BCUT2D eigenvalue weighted by Crippen LogP contribution is 2.21. The Morgan fingerprint density at radius 3 is 2.52 bits per heavy atom. The van der Waals surface area contributed by atoms with E-state index in [9.17, 15) is 4.79 Å². The van der Waals surface area contributed by atoms with Crippen molar-refractivity contribution in [3.63, 3.8) is 0 Å². The summed E-state index contributed by atoms with van der Waals surface area (Å²) in [5.41, 5.74) is 2.85. The van der Waals surface area contributed by atoms with Gasteiger partial charge in [-0.15, -0.1) is 0 Å². The fourth-order valence-electron chi connectivity index (χ4n) is 1.90. The molecule has 1 N–H and O–H groups in total. The van der Waals surface area contributed by atoms with Crippen LogP contribution in [0.4, 0.5) is 5.69 Å². The molecule has 0 aliphatic carbocycles. The van der Waals surface area contributed by atoms with Crippen LogP contribution >= 0.6 is 15.9 Å². The second-order valence-electron chi connectivity index (χ2n) is 4.98. The van der Waals surface area contributed by atoms with Gasteiger partial charge in [0.1, 0.15) is 5.75 Å². The van der Waals surface area contributed by atoms with Gasteiger partial charge in [0, 0.05) is 10.2 Å². The van der Waals surface area contributed by atoms with E-state index in [1.807, 2.05) is 56.3 Å². The Balaban J connectivity index is 2.02. The molecule has 110 valence electrons. The molecular formula is C17H18BrNO2. The van der Waals surface area contributed by atoms with Crippen molar-refractivity contribution in [3.05, 3.63) is 58.1 Å². The summed E-state index contributed by atoms with van der Waals surface area (Å²) in [4.78, 5) is 12.2. The summed E-state index contributed by atoms with van der Waals surface area (Å²) < 4.78 is 6.73. The van der Waals surface area contributed by atoms with E-state index in [-0.39, 0.29) is 5.91 Å². The van der Waals surface area contributed by atoms with Crippen LogP contribution < -0.4 is 10.1 Å². The summed E-state index contributed by atoms with van der Waals surface area (Å²) in [6.45, 7) is 5.68. The number of hydrogen-bond acceptors (Lipinski definition) is 2. The van der Waals surface area contributed by atoms with Crippen molar-refractivity contribution >= 4 is 27.5 Å². The normalized spacial score (nSPS) is 11.8. The Morgan fingerprint density at radius 1 is 1.14 bits per heavy atom. The van der Waals surface area contributed by atoms with Crippen LogP contribution in [0.2, 0.25) is 0 Å². The largest absolute Gasteiger partial charge is 0.481 e. The van der Waals surface area contributed by atoms with Crippen LogP contribution in [-0.4, -0.2) is 12.0 Å². The van der Waals surface area contributed by atoms with Crippen molar-refractivity contribution in [1.82, 2.24) is 0 Å². The smallest absolute Gasteiger partial charge is 0.265 e. The molecule has 2 rings (SSSR count). The molecule has 0 bridgehead atoms. The summed E-state index contributed by atoms with van der Waals surface area (Å²) in [7, 11) is 0. The van der Waals surface area contributed by atoms with E-state index in [4.69, 9.17) is 4.74 Å². The molecule has 0 aliphatic rings. The quantitative estimate of drug-likeness (QED) is 0.885. The average Bonchev–Trinajstić information content (AvgIpc) is 2.45. The fraction of sp³-hybridized carbons (Fsp3) is 0.235. The van der Waals surface area contributed by atoms with E-state index >= 15 is 0 Å². The summed E-state index contributed by atoms with van der Waals surface area (Å²) in [6, 6.07) is 13.3. The Kier molecular flexibility index (Phi) is 5.02. The van der Waals surface area contributed by atoms with E-state index in [0.29, 0.717) is 0 Å². The van der Waals surface area contributed by atoms with Crippen LogP contribution in [0.15, 0.2) is 46.9 Å². The van der Waals surface area contributed by atoms with E-state index < -0.39 is 6.10 Å². The molecular weight excluding hydrogens is 330 g/mol. The summed E-state index contributed by atoms with van der Waals surface area (Å²) in [6.07, 6.45) is -0.560. The van der Waals surface area contributed by atoms with Gasteiger partial charge in [0.2, 0.25) is 0 Å². The van der Waals surface area contributed by atoms with Gasteiger partial charge in [-0.3, -0.25) is 4.79 Å². The predicted octanol–water partition coefficient (Wildman–Crippen LogP) is 4.47.